The number of pyridine rings is 1. The van der Waals surface area contributed by atoms with Crippen LogP contribution in [0.5, 0.6) is 0 Å². The molecule has 5 heteroatoms. The summed E-state index contributed by atoms with van der Waals surface area (Å²) in [5.41, 5.74) is 5.04. The molecule has 2 rings (SSSR count). The first-order valence-electron chi connectivity index (χ1n) is 5.92. The molecule has 100 valence electrons. The van der Waals surface area contributed by atoms with E-state index in [1.807, 2.05) is 6.92 Å². The average Bonchev–Trinajstić information content (AvgIpc) is 2.41. The van der Waals surface area contributed by atoms with Crippen LogP contribution in [0.15, 0.2) is 36.7 Å². The van der Waals surface area contributed by atoms with Crippen molar-refractivity contribution in [2.75, 3.05) is 0 Å². The van der Waals surface area contributed by atoms with E-state index in [0.29, 0.717) is 17.0 Å². The van der Waals surface area contributed by atoms with Gasteiger partial charge < -0.3 is 0 Å². The van der Waals surface area contributed by atoms with Crippen molar-refractivity contribution < 1.29 is 4.39 Å². The number of hydrogen-bond acceptors (Lipinski definition) is 3. The Morgan fingerprint density at radius 2 is 2.21 bits per heavy atom. The molecule has 0 spiro atoms. The van der Waals surface area contributed by atoms with Crippen LogP contribution in [0, 0.1) is 12.7 Å². The summed E-state index contributed by atoms with van der Waals surface area (Å²) in [4.78, 5) is 3.92. The van der Waals surface area contributed by atoms with Crippen LogP contribution in [0.2, 0.25) is 5.02 Å². The third-order valence-electron chi connectivity index (χ3n) is 3.01. The standard InChI is InChI=1S/C14H15ClFN3/c1-9-2-3-13(16)11(6-9)14(19-17)7-10-4-5-18-8-12(10)15/h2-6,8,14,19H,7,17H2,1H3. The molecule has 19 heavy (non-hydrogen) atoms. The first kappa shape index (κ1) is 13.9. The highest BCUT2D eigenvalue weighted by Gasteiger charge is 2.16. The molecule has 0 bridgehead atoms. The Kier molecular flexibility index (Phi) is 4.47. The maximum atomic E-state index is 13.9. The molecule has 1 aromatic heterocycles. The highest BCUT2D eigenvalue weighted by molar-refractivity contribution is 6.31. The number of halogens is 2. The van der Waals surface area contributed by atoms with Gasteiger partial charge in [0.05, 0.1) is 11.1 Å². The highest BCUT2D eigenvalue weighted by Crippen LogP contribution is 2.24. The summed E-state index contributed by atoms with van der Waals surface area (Å²) >= 11 is 6.06. The van der Waals surface area contributed by atoms with E-state index in [1.54, 1.807) is 30.6 Å². The van der Waals surface area contributed by atoms with Gasteiger partial charge in [0, 0.05) is 18.0 Å². The normalized spacial score (nSPS) is 12.4. The number of hydrogen-bond donors (Lipinski definition) is 2. The number of rotatable bonds is 4. The van der Waals surface area contributed by atoms with Gasteiger partial charge in [0.25, 0.3) is 0 Å². The van der Waals surface area contributed by atoms with Crippen LogP contribution in [0.1, 0.15) is 22.7 Å². The van der Waals surface area contributed by atoms with Gasteiger partial charge in [-0.3, -0.25) is 16.3 Å². The van der Waals surface area contributed by atoms with Gasteiger partial charge in [0.1, 0.15) is 5.82 Å². The predicted octanol–water partition coefficient (Wildman–Crippen LogP) is 2.93. The van der Waals surface area contributed by atoms with Crippen molar-refractivity contribution in [3.8, 4) is 0 Å². The van der Waals surface area contributed by atoms with E-state index in [0.717, 1.165) is 11.1 Å². The lowest BCUT2D eigenvalue weighted by atomic mass is 9.98. The molecule has 0 saturated heterocycles. The lowest BCUT2D eigenvalue weighted by molar-refractivity contribution is 0.510. The lowest BCUT2D eigenvalue weighted by Gasteiger charge is -2.18. The van der Waals surface area contributed by atoms with Gasteiger partial charge in [0.15, 0.2) is 0 Å². The fourth-order valence-electron chi connectivity index (χ4n) is 1.98. The van der Waals surface area contributed by atoms with Crippen LogP contribution in [0.25, 0.3) is 0 Å². The SMILES string of the molecule is Cc1ccc(F)c(C(Cc2ccncc2Cl)NN)c1. The summed E-state index contributed by atoms with van der Waals surface area (Å²) in [5, 5.41) is 0.552. The minimum Gasteiger partial charge on any atom is -0.271 e. The summed E-state index contributed by atoms with van der Waals surface area (Å²) < 4.78 is 13.9. The fourth-order valence-corrected chi connectivity index (χ4v) is 2.17. The van der Waals surface area contributed by atoms with Crippen molar-refractivity contribution in [1.29, 1.82) is 0 Å². The first-order chi connectivity index (χ1) is 9.11. The monoisotopic (exact) mass is 279 g/mol. The van der Waals surface area contributed by atoms with Crippen LogP contribution in [0.4, 0.5) is 4.39 Å². The fraction of sp³-hybridized carbons (Fsp3) is 0.214. The van der Waals surface area contributed by atoms with Crippen LogP contribution in [-0.4, -0.2) is 4.98 Å². The van der Waals surface area contributed by atoms with Gasteiger partial charge in [-0.2, -0.15) is 0 Å². The molecule has 1 heterocycles. The zero-order valence-electron chi connectivity index (χ0n) is 10.5. The van der Waals surface area contributed by atoms with Gasteiger partial charge in [-0.15, -0.1) is 0 Å². The van der Waals surface area contributed by atoms with Crippen molar-refractivity contribution >= 4 is 11.6 Å². The number of nitrogens with one attached hydrogen (secondary N) is 1. The molecule has 0 aliphatic carbocycles. The second-order valence-corrected chi connectivity index (χ2v) is 4.82. The maximum absolute atomic E-state index is 13.9. The van der Waals surface area contributed by atoms with Crippen LogP contribution in [0.3, 0.4) is 0 Å². The number of aryl methyl sites for hydroxylation is 1. The van der Waals surface area contributed by atoms with E-state index < -0.39 is 0 Å². The Bertz CT molecular complexity index is 574. The molecule has 3 nitrogen and oxygen atoms in total. The highest BCUT2D eigenvalue weighted by atomic mass is 35.5. The van der Waals surface area contributed by atoms with E-state index in [-0.39, 0.29) is 11.9 Å². The molecule has 0 saturated carbocycles. The van der Waals surface area contributed by atoms with Gasteiger partial charge in [0.2, 0.25) is 0 Å². The van der Waals surface area contributed by atoms with Crippen molar-refractivity contribution in [3.63, 3.8) is 0 Å². The van der Waals surface area contributed by atoms with Crippen molar-refractivity contribution in [1.82, 2.24) is 10.4 Å². The Hall–Kier alpha value is -1.49. The van der Waals surface area contributed by atoms with Crippen molar-refractivity contribution in [3.05, 3.63) is 64.2 Å². The second kappa shape index (κ2) is 6.10. The molecule has 0 amide bonds. The summed E-state index contributed by atoms with van der Waals surface area (Å²) in [6.07, 6.45) is 3.72. The van der Waals surface area contributed by atoms with Crippen LogP contribution >= 0.6 is 11.6 Å². The summed E-state index contributed by atoms with van der Waals surface area (Å²) in [6.45, 7) is 1.91. The summed E-state index contributed by atoms with van der Waals surface area (Å²) in [6, 6.07) is 6.43. The van der Waals surface area contributed by atoms with Crippen molar-refractivity contribution in [2.45, 2.75) is 19.4 Å². The quantitative estimate of drug-likeness (QED) is 0.668. The number of nitrogens with zero attached hydrogens (tertiary/aromatic N) is 1. The van der Waals surface area contributed by atoms with E-state index in [1.165, 1.54) is 6.07 Å². The predicted molar refractivity (Wildman–Crippen MR) is 74.2 cm³/mol. The lowest BCUT2D eigenvalue weighted by Crippen LogP contribution is -2.30. The van der Waals surface area contributed by atoms with Crippen molar-refractivity contribution in [2.24, 2.45) is 5.84 Å². The Morgan fingerprint density at radius 1 is 1.42 bits per heavy atom. The Labute approximate surface area is 116 Å². The third-order valence-corrected chi connectivity index (χ3v) is 3.35. The molecule has 3 N–H and O–H groups in total. The molecule has 0 aliphatic rings. The number of aromatic nitrogens is 1. The average molecular weight is 280 g/mol. The topological polar surface area (TPSA) is 50.9 Å². The first-order valence-corrected chi connectivity index (χ1v) is 6.30. The molecule has 0 aliphatic heterocycles. The molecule has 2 aromatic rings. The minimum atomic E-state index is -0.334. The Balaban J connectivity index is 2.30. The number of hydrazine groups is 1. The smallest absolute Gasteiger partial charge is 0.128 e. The Morgan fingerprint density at radius 3 is 2.89 bits per heavy atom. The number of benzene rings is 1. The number of nitrogens with two attached hydrogens (primary N) is 1. The minimum absolute atomic E-state index is 0.279. The van der Waals surface area contributed by atoms with Crippen LogP contribution in [-0.2, 0) is 6.42 Å². The molecule has 1 aromatic carbocycles. The van der Waals surface area contributed by atoms with Gasteiger partial charge >= 0.3 is 0 Å². The van der Waals surface area contributed by atoms with Gasteiger partial charge in [-0.05, 0) is 31.0 Å². The van der Waals surface area contributed by atoms with E-state index in [2.05, 4.69) is 10.4 Å². The van der Waals surface area contributed by atoms with Gasteiger partial charge in [-0.1, -0.05) is 29.3 Å². The zero-order valence-corrected chi connectivity index (χ0v) is 11.3. The zero-order chi connectivity index (χ0) is 13.8. The van der Waals surface area contributed by atoms with Gasteiger partial charge in [-0.25, -0.2) is 4.39 Å². The van der Waals surface area contributed by atoms with Crippen LogP contribution < -0.4 is 11.3 Å². The second-order valence-electron chi connectivity index (χ2n) is 4.42. The summed E-state index contributed by atoms with van der Waals surface area (Å²) in [7, 11) is 0. The third kappa shape index (κ3) is 3.29. The molecule has 1 unspecified atom stereocenters. The molecular formula is C14H15ClFN3. The summed E-state index contributed by atoms with van der Waals surface area (Å²) in [5.74, 6) is 5.27. The molecule has 0 radical (unpaired) electrons. The van der Waals surface area contributed by atoms with E-state index in [4.69, 9.17) is 17.4 Å². The largest absolute Gasteiger partial charge is 0.271 e. The van der Waals surface area contributed by atoms with E-state index >= 15 is 0 Å². The molecular weight excluding hydrogens is 265 g/mol. The maximum Gasteiger partial charge on any atom is 0.128 e. The molecule has 1 atom stereocenters. The molecule has 0 fully saturated rings. The van der Waals surface area contributed by atoms with E-state index in [9.17, 15) is 4.39 Å².